The molecular formula is C20H16ClN3O2. The van der Waals surface area contributed by atoms with Crippen molar-refractivity contribution >= 4 is 28.3 Å². The van der Waals surface area contributed by atoms with Crippen molar-refractivity contribution in [3.63, 3.8) is 0 Å². The molecule has 0 radical (unpaired) electrons. The topological polar surface area (TPSA) is 64.0 Å². The van der Waals surface area contributed by atoms with Gasteiger partial charge in [0.15, 0.2) is 0 Å². The number of carbonyl (C=O) groups excluding carboxylic acids is 1. The number of nitrogens with one attached hydrogen (secondary N) is 1. The highest BCUT2D eigenvalue weighted by Crippen LogP contribution is 2.16. The zero-order valence-electron chi connectivity index (χ0n) is 13.9. The van der Waals surface area contributed by atoms with E-state index < -0.39 is 0 Å². The maximum absolute atomic E-state index is 12.4. The molecule has 0 aliphatic heterocycles. The molecule has 5 nitrogen and oxygen atoms in total. The molecule has 0 atom stereocenters. The van der Waals surface area contributed by atoms with Crippen LogP contribution in [0.5, 0.6) is 0 Å². The van der Waals surface area contributed by atoms with Gasteiger partial charge in [-0.3, -0.25) is 9.59 Å². The lowest BCUT2D eigenvalue weighted by Gasteiger charge is -2.11. The second kappa shape index (κ2) is 7.85. The molecule has 3 aromatic rings. The molecule has 0 saturated heterocycles. The van der Waals surface area contributed by atoms with E-state index in [2.05, 4.69) is 16.3 Å². The van der Waals surface area contributed by atoms with E-state index in [1.807, 2.05) is 24.3 Å². The van der Waals surface area contributed by atoms with Gasteiger partial charge in [-0.2, -0.15) is 5.10 Å². The summed E-state index contributed by atoms with van der Waals surface area (Å²) in [5, 5.41) is 8.91. The van der Waals surface area contributed by atoms with E-state index in [1.54, 1.807) is 24.3 Å². The number of hydrogen-bond acceptors (Lipinski definition) is 3. The molecule has 0 saturated carbocycles. The number of rotatable bonds is 5. The van der Waals surface area contributed by atoms with Crippen molar-refractivity contribution < 1.29 is 4.79 Å². The van der Waals surface area contributed by atoms with Crippen LogP contribution in [0.1, 0.15) is 11.3 Å². The first kappa shape index (κ1) is 17.7. The van der Waals surface area contributed by atoms with Crippen LogP contribution in [0.25, 0.3) is 10.8 Å². The average Bonchev–Trinajstić information content (AvgIpc) is 2.65. The first-order chi connectivity index (χ1) is 12.6. The maximum Gasteiger partial charge on any atom is 0.275 e. The fraction of sp³-hybridized carbons (Fsp3) is 0.150. The molecule has 0 bridgehead atoms. The number of nitrogens with zero attached hydrogens (tertiary/aromatic N) is 2. The van der Waals surface area contributed by atoms with Crippen molar-refractivity contribution in [2.75, 3.05) is 0 Å². The Bertz CT molecular complexity index is 1070. The minimum atomic E-state index is -0.246. The molecule has 6 heteroatoms. The van der Waals surface area contributed by atoms with Gasteiger partial charge >= 0.3 is 0 Å². The van der Waals surface area contributed by atoms with E-state index in [4.69, 9.17) is 18.0 Å². The Kier molecular flexibility index (Phi) is 5.35. The Labute approximate surface area is 155 Å². The third-order valence-electron chi connectivity index (χ3n) is 3.95. The summed E-state index contributed by atoms with van der Waals surface area (Å²) in [4.78, 5) is 24.6. The first-order valence-corrected chi connectivity index (χ1v) is 8.40. The molecule has 26 heavy (non-hydrogen) atoms. The smallest absolute Gasteiger partial charge is 0.275 e. The van der Waals surface area contributed by atoms with E-state index in [0.29, 0.717) is 21.5 Å². The van der Waals surface area contributed by atoms with Crippen molar-refractivity contribution in [3.8, 4) is 12.3 Å². The van der Waals surface area contributed by atoms with Crippen LogP contribution in [0.15, 0.2) is 53.3 Å². The zero-order chi connectivity index (χ0) is 18.5. The quantitative estimate of drug-likeness (QED) is 0.707. The molecule has 1 heterocycles. The summed E-state index contributed by atoms with van der Waals surface area (Å²) < 4.78 is 1.23. The van der Waals surface area contributed by atoms with Crippen molar-refractivity contribution in [1.82, 2.24) is 15.1 Å². The zero-order valence-corrected chi connectivity index (χ0v) is 14.7. The number of halogens is 1. The SMILES string of the molecule is C#CCn1nc(CNC(=O)Cc2ccccc2Cl)c2ccccc2c1=O. The third kappa shape index (κ3) is 3.76. The van der Waals surface area contributed by atoms with E-state index >= 15 is 0 Å². The van der Waals surface area contributed by atoms with Crippen LogP contribution in [0.3, 0.4) is 0 Å². The fourth-order valence-corrected chi connectivity index (χ4v) is 2.89. The van der Waals surface area contributed by atoms with Crippen molar-refractivity contribution in [1.29, 1.82) is 0 Å². The highest BCUT2D eigenvalue weighted by Gasteiger charge is 2.12. The Morgan fingerprint density at radius 2 is 1.85 bits per heavy atom. The number of amides is 1. The summed E-state index contributed by atoms with van der Waals surface area (Å²) in [7, 11) is 0. The van der Waals surface area contributed by atoms with Gasteiger partial charge in [-0.1, -0.05) is 53.9 Å². The molecule has 1 aromatic heterocycles. The third-order valence-corrected chi connectivity index (χ3v) is 4.32. The second-order valence-corrected chi connectivity index (χ2v) is 6.11. The van der Waals surface area contributed by atoms with Crippen LogP contribution < -0.4 is 10.9 Å². The lowest BCUT2D eigenvalue weighted by molar-refractivity contribution is -0.120. The Balaban J connectivity index is 1.83. The van der Waals surface area contributed by atoms with E-state index in [9.17, 15) is 9.59 Å². The van der Waals surface area contributed by atoms with Gasteiger partial charge in [-0.15, -0.1) is 6.42 Å². The van der Waals surface area contributed by atoms with Crippen LogP contribution in [0.4, 0.5) is 0 Å². The summed E-state index contributed by atoms with van der Waals surface area (Å²) in [5.74, 6) is 2.24. The standard InChI is InChI=1S/C20H16ClN3O2/c1-2-11-24-20(26)16-9-5-4-8-15(16)18(23-24)13-22-19(25)12-14-7-3-6-10-17(14)21/h1,3-10H,11-13H2,(H,22,25). The van der Waals surface area contributed by atoms with Crippen LogP contribution in [0, 0.1) is 12.3 Å². The van der Waals surface area contributed by atoms with E-state index in [-0.39, 0.29) is 31.0 Å². The van der Waals surface area contributed by atoms with Gasteiger partial charge in [0, 0.05) is 10.4 Å². The first-order valence-electron chi connectivity index (χ1n) is 8.02. The summed E-state index contributed by atoms with van der Waals surface area (Å²) in [6, 6.07) is 14.3. The number of hydrogen-bond donors (Lipinski definition) is 1. The molecule has 2 aromatic carbocycles. The van der Waals surface area contributed by atoms with Crippen LogP contribution in [0.2, 0.25) is 5.02 Å². The molecule has 0 fully saturated rings. The number of fused-ring (bicyclic) bond motifs is 1. The van der Waals surface area contributed by atoms with Crippen molar-refractivity contribution in [2.45, 2.75) is 19.5 Å². The normalized spacial score (nSPS) is 10.5. The summed E-state index contributed by atoms with van der Waals surface area (Å²) in [5.41, 5.74) is 1.09. The van der Waals surface area contributed by atoms with Gasteiger partial charge in [0.2, 0.25) is 5.91 Å². The molecule has 130 valence electrons. The minimum Gasteiger partial charge on any atom is -0.350 e. The Morgan fingerprint density at radius 1 is 1.15 bits per heavy atom. The van der Waals surface area contributed by atoms with Crippen molar-refractivity contribution in [3.05, 3.63) is 75.2 Å². The lowest BCUT2D eigenvalue weighted by atomic mass is 10.1. The minimum absolute atomic E-state index is 0.0736. The predicted molar refractivity (Wildman–Crippen MR) is 102 cm³/mol. The molecule has 1 amide bonds. The summed E-state index contributed by atoms with van der Waals surface area (Å²) >= 11 is 6.09. The highest BCUT2D eigenvalue weighted by molar-refractivity contribution is 6.31. The number of benzene rings is 2. The van der Waals surface area contributed by atoms with Crippen LogP contribution in [-0.4, -0.2) is 15.7 Å². The fourth-order valence-electron chi connectivity index (χ4n) is 2.69. The second-order valence-electron chi connectivity index (χ2n) is 5.70. The van der Waals surface area contributed by atoms with Crippen LogP contribution in [-0.2, 0) is 24.3 Å². The van der Waals surface area contributed by atoms with Crippen molar-refractivity contribution in [2.24, 2.45) is 0 Å². The number of aromatic nitrogens is 2. The molecule has 1 N–H and O–H groups in total. The monoisotopic (exact) mass is 365 g/mol. The van der Waals surface area contributed by atoms with E-state index in [0.717, 1.165) is 5.56 Å². The highest BCUT2D eigenvalue weighted by atomic mass is 35.5. The lowest BCUT2D eigenvalue weighted by Crippen LogP contribution is -2.29. The molecule has 0 aliphatic carbocycles. The molecule has 0 aliphatic rings. The van der Waals surface area contributed by atoms with Gasteiger partial charge in [-0.05, 0) is 17.7 Å². The van der Waals surface area contributed by atoms with Gasteiger partial charge in [0.1, 0.15) is 6.54 Å². The van der Waals surface area contributed by atoms with Crippen LogP contribution >= 0.6 is 11.6 Å². The Morgan fingerprint density at radius 3 is 2.58 bits per heavy atom. The maximum atomic E-state index is 12.4. The molecule has 0 unspecified atom stereocenters. The Hall–Kier alpha value is -3.10. The van der Waals surface area contributed by atoms with Gasteiger partial charge < -0.3 is 5.32 Å². The predicted octanol–water partition coefficient (Wildman–Crippen LogP) is 2.54. The van der Waals surface area contributed by atoms with E-state index in [1.165, 1.54) is 4.68 Å². The van der Waals surface area contributed by atoms with Gasteiger partial charge in [0.25, 0.3) is 5.56 Å². The molecular weight excluding hydrogens is 350 g/mol. The number of carbonyl (C=O) groups is 1. The largest absolute Gasteiger partial charge is 0.350 e. The van der Waals surface area contributed by atoms with Gasteiger partial charge in [-0.25, -0.2) is 4.68 Å². The summed E-state index contributed by atoms with van der Waals surface area (Å²) in [6.07, 6.45) is 5.48. The number of terminal acetylenes is 1. The average molecular weight is 366 g/mol. The van der Waals surface area contributed by atoms with Gasteiger partial charge in [0.05, 0.1) is 24.0 Å². The molecule has 0 spiro atoms. The summed E-state index contributed by atoms with van der Waals surface area (Å²) in [6.45, 7) is 0.263. The molecule has 3 rings (SSSR count).